The van der Waals surface area contributed by atoms with Crippen molar-refractivity contribution < 1.29 is 24.1 Å². The number of amides is 1. The second-order valence-corrected chi connectivity index (χ2v) is 8.22. The van der Waals surface area contributed by atoms with Gasteiger partial charge in [0.05, 0.1) is 19.3 Å². The monoisotopic (exact) mass is 377 g/mol. The molecule has 150 valence electrons. The summed E-state index contributed by atoms with van der Waals surface area (Å²) >= 11 is 0. The number of piperazine rings is 1. The molecule has 27 heavy (non-hydrogen) atoms. The van der Waals surface area contributed by atoms with Crippen LogP contribution in [0.4, 0.5) is 0 Å². The summed E-state index contributed by atoms with van der Waals surface area (Å²) in [6.07, 6.45) is 0.275. The van der Waals surface area contributed by atoms with Gasteiger partial charge in [-0.05, 0) is 32.9 Å². The molecule has 6 nitrogen and oxygen atoms in total. The molecule has 2 aliphatic rings. The fraction of sp³-hybridized carbons (Fsp3) is 0.667. The molecule has 1 aromatic carbocycles. The topological polar surface area (TPSA) is 47.7 Å². The number of carbonyl (C=O) groups is 1. The number of nitrogens with zero attached hydrogens (tertiary/aromatic N) is 1. The first-order valence-corrected chi connectivity index (χ1v) is 10.2. The number of ether oxygens (including phenoxy) is 2. The Morgan fingerprint density at radius 2 is 1.78 bits per heavy atom. The molecule has 0 bridgehead atoms. The van der Waals surface area contributed by atoms with Gasteiger partial charge in [-0.15, -0.1) is 0 Å². The quantitative estimate of drug-likeness (QED) is 0.687. The molecule has 0 spiro atoms. The van der Waals surface area contributed by atoms with E-state index >= 15 is 0 Å². The zero-order valence-electron chi connectivity index (χ0n) is 17.2. The molecule has 2 atom stereocenters. The molecule has 0 unspecified atom stereocenters. The van der Waals surface area contributed by atoms with E-state index < -0.39 is 0 Å². The molecule has 0 aromatic heterocycles. The van der Waals surface area contributed by atoms with E-state index in [4.69, 9.17) is 9.47 Å². The van der Waals surface area contributed by atoms with Crippen LogP contribution >= 0.6 is 0 Å². The van der Waals surface area contributed by atoms with E-state index in [2.05, 4.69) is 25.1 Å². The Kier molecular flexibility index (Phi) is 6.73. The molecule has 3 rings (SSSR count). The number of rotatable bonds is 5. The van der Waals surface area contributed by atoms with Gasteiger partial charge in [-0.3, -0.25) is 4.79 Å². The summed E-state index contributed by atoms with van der Waals surface area (Å²) in [6.45, 7) is 13.5. The van der Waals surface area contributed by atoms with Crippen LogP contribution in [0, 0.1) is 6.92 Å². The fourth-order valence-corrected chi connectivity index (χ4v) is 4.33. The lowest BCUT2D eigenvalue weighted by molar-refractivity contribution is -1.02. The second-order valence-electron chi connectivity index (χ2n) is 8.22. The second kappa shape index (κ2) is 9.04. The first kappa shape index (κ1) is 20.1. The maximum Gasteiger partial charge on any atom is 0.277 e. The standard InChI is InChI=1S/C21H33N3O3/c1-16-5-6-20(26-4)19(11-16)14-22-7-9-23(10-8-22)15-21(25)24-12-17(2)27-18(3)13-24/h5-6,11,17-18H,7-10,12-15H2,1-4H3/p+2/t17-,18-/m1/s1. The largest absolute Gasteiger partial charge is 0.496 e. The number of hydrogen-bond acceptors (Lipinski definition) is 3. The average Bonchev–Trinajstić information content (AvgIpc) is 2.63. The van der Waals surface area contributed by atoms with Gasteiger partial charge >= 0.3 is 0 Å². The van der Waals surface area contributed by atoms with Crippen molar-refractivity contribution in [2.24, 2.45) is 0 Å². The van der Waals surface area contributed by atoms with Gasteiger partial charge in [0.1, 0.15) is 38.5 Å². The van der Waals surface area contributed by atoms with Gasteiger partial charge in [0, 0.05) is 18.7 Å². The Morgan fingerprint density at radius 3 is 2.41 bits per heavy atom. The van der Waals surface area contributed by atoms with Gasteiger partial charge in [0.25, 0.3) is 5.91 Å². The lowest BCUT2D eigenvalue weighted by Gasteiger charge is -2.36. The molecule has 2 aliphatic heterocycles. The Balaban J connectivity index is 1.48. The molecule has 0 aliphatic carbocycles. The summed E-state index contributed by atoms with van der Waals surface area (Å²) < 4.78 is 11.3. The van der Waals surface area contributed by atoms with Crippen LogP contribution in [0.2, 0.25) is 0 Å². The van der Waals surface area contributed by atoms with Crippen LogP contribution in [0.3, 0.4) is 0 Å². The third-order valence-corrected chi connectivity index (χ3v) is 5.71. The van der Waals surface area contributed by atoms with Gasteiger partial charge < -0.3 is 24.2 Å². The normalized spacial score (nSPS) is 28.8. The van der Waals surface area contributed by atoms with Crippen molar-refractivity contribution in [2.75, 3.05) is 52.9 Å². The summed E-state index contributed by atoms with van der Waals surface area (Å²) in [5, 5.41) is 0. The van der Waals surface area contributed by atoms with Crippen LogP contribution in [-0.2, 0) is 16.1 Å². The van der Waals surface area contributed by atoms with E-state index in [0.717, 1.165) is 51.6 Å². The highest BCUT2D eigenvalue weighted by molar-refractivity contribution is 5.77. The summed E-state index contributed by atoms with van der Waals surface area (Å²) in [4.78, 5) is 17.6. The summed E-state index contributed by atoms with van der Waals surface area (Å²) in [5.41, 5.74) is 2.55. The number of morpholine rings is 1. The number of quaternary nitrogens is 2. The van der Waals surface area contributed by atoms with Crippen molar-refractivity contribution >= 4 is 5.91 Å². The van der Waals surface area contributed by atoms with Crippen LogP contribution in [0.1, 0.15) is 25.0 Å². The van der Waals surface area contributed by atoms with Crippen LogP contribution in [0.15, 0.2) is 18.2 Å². The Bertz CT molecular complexity index is 634. The zero-order chi connectivity index (χ0) is 19.4. The predicted octanol–water partition coefficient (Wildman–Crippen LogP) is -1.08. The van der Waals surface area contributed by atoms with Crippen LogP contribution < -0.4 is 14.5 Å². The molecule has 2 N–H and O–H groups in total. The van der Waals surface area contributed by atoms with Gasteiger partial charge in [-0.2, -0.15) is 0 Å². The van der Waals surface area contributed by atoms with Crippen molar-refractivity contribution in [1.29, 1.82) is 0 Å². The minimum Gasteiger partial charge on any atom is -0.496 e. The minimum atomic E-state index is 0.137. The summed E-state index contributed by atoms with van der Waals surface area (Å²) in [7, 11) is 1.74. The first-order chi connectivity index (χ1) is 12.9. The SMILES string of the molecule is COc1ccc(C)cc1C[NH+]1CC[NH+](CC(=O)N2C[C@@H](C)O[C@H](C)C2)CC1. The molecule has 1 aromatic rings. The molecule has 1 amide bonds. The molecule has 6 heteroatoms. The Morgan fingerprint density at radius 1 is 1.15 bits per heavy atom. The summed E-state index contributed by atoms with van der Waals surface area (Å²) in [6, 6.07) is 6.39. The van der Waals surface area contributed by atoms with E-state index in [0.29, 0.717) is 6.54 Å². The third kappa shape index (κ3) is 5.43. The highest BCUT2D eigenvalue weighted by Gasteiger charge is 2.30. The smallest absolute Gasteiger partial charge is 0.277 e. The Hall–Kier alpha value is -1.63. The number of carbonyl (C=O) groups excluding carboxylic acids is 1. The van der Waals surface area contributed by atoms with Crippen molar-refractivity contribution in [2.45, 2.75) is 39.5 Å². The Labute approximate surface area is 163 Å². The average molecular weight is 378 g/mol. The number of nitrogens with one attached hydrogen (secondary N) is 2. The number of benzene rings is 1. The molecular formula is C21H35N3O3+2. The predicted molar refractivity (Wildman–Crippen MR) is 104 cm³/mol. The fourth-order valence-electron chi connectivity index (χ4n) is 4.33. The molecule has 2 fully saturated rings. The van der Waals surface area contributed by atoms with Gasteiger partial charge in [0.2, 0.25) is 0 Å². The lowest BCUT2D eigenvalue weighted by atomic mass is 10.1. The highest BCUT2D eigenvalue weighted by Crippen LogP contribution is 2.18. The molecule has 0 saturated carbocycles. The van der Waals surface area contributed by atoms with E-state index in [9.17, 15) is 4.79 Å². The molecule has 0 radical (unpaired) electrons. The van der Waals surface area contributed by atoms with Crippen LogP contribution in [-0.4, -0.2) is 75.9 Å². The van der Waals surface area contributed by atoms with Crippen molar-refractivity contribution in [3.63, 3.8) is 0 Å². The van der Waals surface area contributed by atoms with Crippen molar-refractivity contribution in [3.05, 3.63) is 29.3 Å². The zero-order valence-corrected chi connectivity index (χ0v) is 17.2. The van der Waals surface area contributed by atoms with Gasteiger partial charge in [-0.25, -0.2) is 0 Å². The summed E-state index contributed by atoms with van der Waals surface area (Å²) in [5.74, 6) is 1.25. The van der Waals surface area contributed by atoms with E-state index in [1.54, 1.807) is 12.0 Å². The first-order valence-electron chi connectivity index (χ1n) is 10.2. The van der Waals surface area contributed by atoms with Gasteiger partial charge in [0.15, 0.2) is 6.54 Å². The molecule has 2 heterocycles. The lowest BCUT2D eigenvalue weighted by Crippen LogP contribution is -3.28. The maximum atomic E-state index is 12.7. The number of hydrogen-bond donors (Lipinski definition) is 2. The van der Waals surface area contributed by atoms with Gasteiger partial charge in [-0.1, -0.05) is 11.6 Å². The van der Waals surface area contributed by atoms with Crippen molar-refractivity contribution in [3.8, 4) is 5.75 Å². The van der Waals surface area contributed by atoms with E-state index in [-0.39, 0.29) is 18.1 Å². The van der Waals surface area contributed by atoms with Crippen LogP contribution in [0.5, 0.6) is 5.75 Å². The van der Waals surface area contributed by atoms with Crippen LogP contribution in [0.25, 0.3) is 0 Å². The highest BCUT2D eigenvalue weighted by atomic mass is 16.5. The van der Waals surface area contributed by atoms with E-state index in [1.165, 1.54) is 16.0 Å². The molecular weight excluding hydrogens is 342 g/mol. The minimum absolute atomic E-state index is 0.137. The molecule has 2 saturated heterocycles. The van der Waals surface area contributed by atoms with Crippen molar-refractivity contribution in [1.82, 2.24) is 4.90 Å². The number of methoxy groups -OCH3 is 1. The number of aryl methyl sites for hydroxylation is 1. The van der Waals surface area contributed by atoms with E-state index in [1.807, 2.05) is 18.7 Å². The maximum absolute atomic E-state index is 12.7. The third-order valence-electron chi connectivity index (χ3n) is 5.71.